The molecule has 3 aromatic rings. The van der Waals surface area contributed by atoms with Crippen LogP contribution in [0.3, 0.4) is 0 Å². The maximum atomic E-state index is 13.7. The monoisotopic (exact) mass is 616 g/mol. The minimum absolute atomic E-state index is 0.133. The first-order chi connectivity index (χ1) is 21.4. The number of benzene rings is 1. The summed E-state index contributed by atoms with van der Waals surface area (Å²) in [6.07, 6.45) is 12.2. The van der Waals surface area contributed by atoms with Crippen molar-refractivity contribution >= 4 is 28.9 Å². The number of carbonyl (C=O) groups excluding carboxylic acids is 1. The Bertz CT molecular complexity index is 1540. The van der Waals surface area contributed by atoms with E-state index in [1.54, 1.807) is 24.5 Å². The van der Waals surface area contributed by atoms with Crippen LogP contribution in [-0.2, 0) is 22.7 Å². The van der Waals surface area contributed by atoms with Crippen LogP contribution in [0, 0.1) is 12.8 Å². The van der Waals surface area contributed by atoms with Gasteiger partial charge in [-0.1, -0.05) is 32.3 Å². The molecule has 1 aromatic carbocycles. The van der Waals surface area contributed by atoms with E-state index >= 15 is 0 Å². The van der Waals surface area contributed by atoms with E-state index < -0.39 is 16.9 Å². The summed E-state index contributed by atoms with van der Waals surface area (Å²) in [5, 5.41) is 0. The van der Waals surface area contributed by atoms with Gasteiger partial charge < -0.3 is 14.0 Å². The van der Waals surface area contributed by atoms with Crippen LogP contribution < -0.4 is 14.2 Å². The van der Waals surface area contributed by atoms with Crippen molar-refractivity contribution in [3.05, 3.63) is 54.0 Å². The summed E-state index contributed by atoms with van der Waals surface area (Å²) in [6, 6.07) is 9.50. The quantitative estimate of drug-likeness (QED) is 0.231. The van der Waals surface area contributed by atoms with Crippen LogP contribution in [0.5, 0.6) is 11.6 Å². The largest absolute Gasteiger partial charge is 0.588 e. The summed E-state index contributed by atoms with van der Waals surface area (Å²) >= 11 is -1.72. The second kappa shape index (κ2) is 13.1. The molecule has 0 bridgehead atoms. The Labute approximate surface area is 262 Å². The van der Waals surface area contributed by atoms with Gasteiger partial charge in [-0.2, -0.15) is 4.72 Å². The number of amides is 1. The second-order valence-corrected chi connectivity index (χ2v) is 13.1. The van der Waals surface area contributed by atoms with Gasteiger partial charge in [-0.25, -0.2) is 9.97 Å². The molecule has 0 radical (unpaired) electrons. The predicted octanol–water partition coefficient (Wildman–Crippen LogP) is 6.02. The summed E-state index contributed by atoms with van der Waals surface area (Å²) in [6.45, 7) is 5.02. The van der Waals surface area contributed by atoms with Crippen LogP contribution >= 0.6 is 0 Å². The van der Waals surface area contributed by atoms with Crippen molar-refractivity contribution in [2.75, 3.05) is 18.4 Å². The normalized spacial score (nSPS) is 18.0. The lowest BCUT2D eigenvalue weighted by atomic mass is 9.98. The highest BCUT2D eigenvalue weighted by atomic mass is 32.2. The molecule has 2 aromatic heterocycles. The number of hydrogen-bond donors (Lipinski definition) is 1. The van der Waals surface area contributed by atoms with Gasteiger partial charge in [-0.3, -0.25) is 19.7 Å². The summed E-state index contributed by atoms with van der Waals surface area (Å²) in [5.41, 5.74) is 2.36. The highest BCUT2D eigenvalue weighted by Gasteiger charge is 2.49. The third-order valence-electron chi connectivity index (χ3n) is 8.51. The number of aryl methyl sites for hydroxylation is 1. The Morgan fingerprint density at radius 2 is 2.00 bits per heavy atom. The van der Waals surface area contributed by atoms with Gasteiger partial charge in [0.25, 0.3) is 11.8 Å². The number of nitrogens with zero attached hydrogens (tertiary/aromatic N) is 5. The van der Waals surface area contributed by atoms with Crippen molar-refractivity contribution in [2.24, 2.45) is 10.9 Å². The molecule has 1 atom stereocenters. The number of hydrogen-bond acceptors (Lipinski definition) is 9. The first-order valence-corrected chi connectivity index (χ1v) is 16.7. The maximum absolute atomic E-state index is 13.7. The number of nitrogens with one attached hydrogen (secondary N) is 1. The van der Waals surface area contributed by atoms with E-state index in [-0.39, 0.29) is 17.6 Å². The first kappa shape index (κ1) is 30.3. The summed E-state index contributed by atoms with van der Waals surface area (Å²) in [4.78, 5) is 34.5. The van der Waals surface area contributed by atoms with Crippen molar-refractivity contribution in [3.63, 3.8) is 0 Å². The number of unbranched alkanes of at least 4 members (excludes halogenated alkanes) is 1. The van der Waals surface area contributed by atoms with Crippen molar-refractivity contribution in [1.82, 2.24) is 19.9 Å². The molecule has 3 heterocycles. The van der Waals surface area contributed by atoms with Crippen molar-refractivity contribution in [2.45, 2.75) is 88.6 Å². The maximum Gasteiger partial charge on any atom is 0.261 e. The molecule has 1 spiro atoms. The molecule has 1 unspecified atom stereocenters. The molecule has 2 saturated carbocycles. The molecule has 2 fully saturated rings. The van der Waals surface area contributed by atoms with Crippen molar-refractivity contribution < 1.29 is 18.8 Å². The molecule has 10 nitrogen and oxygen atoms in total. The number of aromatic nitrogens is 3. The second-order valence-electron chi connectivity index (χ2n) is 11.9. The summed E-state index contributed by atoms with van der Waals surface area (Å²) in [7, 11) is 1.50. The third-order valence-corrected chi connectivity index (χ3v) is 9.62. The van der Waals surface area contributed by atoms with E-state index in [9.17, 15) is 9.35 Å². The standard InChI is InChI=1S/C33H40N6O4S/c1-4-5-10-28-37-33(15-6-7-16-33)32(40)39(28)20-24-13-14-25(26(18-24)43-21-23-11-12-23)29-27(9-8-17-34-29)44(41)38-30-31(42-3)36-22(2)19-35-30/h8-9,13-14,17-19,23H,4-7,10-12,15-16,20-21H2,1-3H3,(H,35,38). The van der Waals surface area contributed by atoms with Gasteiger partial charge >= 0.3 is 0 Å². The third kappa shape index (κ3) is 6.39. The predicted molar refractivity (Wildman–Crippen MR) is 170 cm³/mol. The van der Waals surface area contributed by atoms with Crippen molar-refractivity contribution in [1.29, 1.82) is 0 Å². The number of anilines is 1. The van der Waals surface area contributed by atoms with E-state index in [2.05, 4.69) is 26.6 Å². The Morgan fingerprint density at radius 1 is 1.18 bits per heavy atom. The number of ether oxygens (including phenoxy) is 2. The van der Waals surface area contributed by atoms with E-state index in [0.717, 1.165) is 74.7 Å². The molecular formula is C33H40N6O4S. The average Bonchev–Trinajstić information content (AvgIpc) is 3.69. The fourth-order valence-electron chi connectivity index (χ4n) is 5.91. The Kier molecular flexibility index (Phi) is 9.04. The van der Waals surface area contributed by atoms with Gasteiger partial charge in [-0.05, 0) is 74.8 Å². The molecule has 2 aliphatic carbocycles. The highest BCUT2D eigenvalue weighted by molar-refractivity contribution is 7.92. The molecule has 1 N–H and O–H groups in total. The van der Waals surface area contributed by atoms with Gasteiger partial charge in [0.1, 0.15) is 34.2 Å². The van der Waals surface area contributed by atoms with Crippen LogP contribution in [0.1, 0.15) is 76.0 Å². The number of carbonyl (C=O) groups is 1. The Hall–Kier alpha value is -3.70. The molecule has 1 amide bonds. The molecule has 1 aliphatic heterocycles. The van der Waals surface area contributed by atoms with Crippen LogP contribution in [-0.4, -0.2) is 55.4 Å². The van der Waals surface area contributed by atoms with Gasteiger partial charge in [0, 0.05) is 18.2 Å². The van der Waals surface area contributed by atoms with Gasteiger partial charge in [0.2, 0.25) is 10.7 Å². The van der Waals surface area contributed by atoms with E-state index in [0.29, 0.717) is 41.1 Å². The van der Waals surface area contributed by atoms with Gasteiger partial charge in [0.15, 0.2) is 0 Å². The summed E-state index contributed by atoms with van der Waals surface area (Å²) in [5.74, 6) is 2.78. The zero-order chi connectivity index (χ0) is 30.7. The zero-order valence-corrected chi connectivity index (χ0v) is 26.5. The number of pyridine rings is 1. The number of aliphatic imine (C=N–C) groups is 1. The fourth-order valence-corrected chi connectivity index (χ4v) is 6.87. The van der Waals surface area contributed by atoms with Gasteiger partial charge in [0.05, 0.1) is 32.2 Å². The molecule has 232 valence electrons. The molecular weight excluding hydrogens is 576 g/mol. The minimum Gasteiger partial charge on any atom is -0.588 e. The minimum atomic E-state index is -1.72. The Morgan fingerprint density at radius 3 is 2.75 bits per heavy atom. The van der Waals surface area contributed by atoms with Crippen molar-refractivity contribution in [3.8, 4) is 22.9 Å². The van der Waals surface area contributed by atoms with E-state index in [1.807, 2.05) is 30.0 Å². The number of methoxy groups -OCH3 is 1. The highest BCUT2D eigenvalue weighted by Crippen LogP contribution is 2.41. The fraction of sp³-hybridized carbons (Fsp3) is 0.485. The van der Waals surface area contributed by atoms with E-state index in [4.69, 9.17) is 14.5 Å². The molecule has 0 saturated heterocycles. The zero-order valence-electron chi connectivity index (χ0n) is 25.7. The smallest absolute Gasteiger partial charge is 0.261 e. The SMILES string of the molecule is CCCCC1=NC2(CCCC2)C(=O)N1Cc1ccc(-c2ncccc2[S+]([O-])Nc2ncc(C)nc2OC)c(OCC2CC2)c1. The van der Waals surface area contributed by atoms with E-state index in [1.165, 1.54) is 7.11 Å². The first-order valence-electron chi connectivity index (χ1n) is 15.6. The van der Waals surface area contributed by atoms with Crippen LogP contribution in [0.25, 0.3) is 11.3 Å². The average molecular weight is 617 g/mol. The molecule has 11 heteroatoms. The van der Waals surface area contributed by atoms with Crippen LogP contribution in [0.4, 0.5) is 5.82 Å². The number of rotatable bonds is 13. The topological polar surface area (TPSA) is 125 Å². The van der Waals surface area contributed by atoms with Gasteiger partial charge in [-0.15, -0.1) is 0 Å². The summed E-state index contributed by atoms with van der Waals surface area (Å²) < 4.78 is 28.4. The van der Waals surface area contributed by atoms with Crippen LogP contribution in [0.15, 0.2) is 52.6 Å². The molecule has 6 rings (SSSR count). The Balaban J connectivity index is 1.30. The molecule has 3 aliphatic rings. The number of amidine groups is 1. The lowest BCUT2D eigenvalue weighted by Gasteiger charge is -2.23. The lowest BCUT2D eigenvalue weighted by Crippen LogP contribution is -2.40. The molecule has 44 heavy (non-hydrogen) atoms. The lowest BCUT2D eigenvalue weighted by molar-refractivity contribution is -0.131. The van der Waals surface area contributed by atoms with Crippen LogP contribution in [0.2, 0.25) is 0 Å².